The van der Waals surface area contributed by atoms with Crippen molar-refractivity contribution >= 4 is 12.1 Å². The van der Waals surface area contributed by atoms with E-state index in [0.717, 1.165) is 0 Å². The highest BCUT2D eigenvalue weighted by Crippen LogP contribution is 1.84. The first-order valence-electron chi connectivity index (χ1n) is 3.36. The van der Waals surface area contributed by atoms with Gasteiger partial charge in [0.25, 0.3) is 0 Å². The van der Waals surface area contributed by atoms with E-state index in [1.165, 1.54) is 12.2 Å². The van der Waals surface area contributed by atoms with Gasteiger partial charge in [-0.05, 0) is 6.08 Å². The number of hydrogen-bond donors (Lipinski definition) is 4. The van der Waals surface area contributed by atoms with Gasteiger partial charge in [-0.1, -0.05) is 6.08 Å². The van der Waals surface area contributed by atoms with Crippen LogP contribution in [-0.2, 0) is 9.53 Å². The summed E-state index contributed by atoms with van der Waals surface area (Å²) in [7, 11) is 0. The Bertz CT molecular complexity index is 216. The number of rotatable bonds is 4. The molecule has 7 heteroatoms. The van der Waals surface area contributed by atoms with Gasteiger partial charge in [0, 0.05) is 0 Å². The average Bonchev–Trinajstić information content (AvgIpc) is 2.11. The first-order valence-corrected chi connectivity index (χ1v) is 3.36. The van der Waals surface area contributed by atoms with Gasteiger partial charge in [0.1, 0.15) is 12.6 Å². The molecule has 0 radical (unpaired) electrons. The Kier molecular flexibility index (Phi) is 5.24. The van der Waals surface area contributed by atoms with Gasteiger partial charge in [0.2, 0.25) is 0 Å². The first-order chi connectivity index (χ1) is 6.07. The Morgan fingerprint density at radius 3 is 2.69 bits per heavy atom. The zero-order valence-corrected chi connectivity index (χ0v) is 6.77. The molecule has 1 unspecified atom stereocenters. The molecule has 1 amide bonds. The van der Waals surface area contributed by atoms with E-state index in [0.29, 0.717) is 0 Å². The summed E-state index contributed by atoms with van der Waals surface area (Å²) in [4.78, 5) is 20.5. The highest BCUT2D eigenvalue weighted by molar-refractivity contribution is 5.75. The summed E-state index contributed by atoms with van der Waals surface area (Å²) < 4.78 is 4.41. The van der Waals surface area contributed by atoms with Crippen molar-refractivity contribution in [3.8, 4) is 0 Å². The van der Waals surface area contributed by atoms with Crippen molar-refractivity contribution in [1.82, 2.24) is 5.43 Å². The minimum Gasteiger partial charge on any atom is -0.480 e. The Morgan fingerprint density at radius 2 is 2.23 bits per heavy atom. The van der Waals surface area contributed by atoms with Crippen LogP contribution in [0.15, 0.2) is 12.2 Å². The molecule has 6 N–H and O–H groups in total. The van der Waals surface area contributed by atoms with Crippen LogP contribution in [0.2, 0.25) is 0 Å². The molecule has 0 aromatic heterocycles. The summed E-state index contributed by atoms with van der Waals surface area (Å²) in [5.74, 6) is 3.54. The lowest BCUT2D eigenvalue weighted by molar-refractivity contribution is -0.137. The van der Waals surface area contributed by atoms with Crippen molar-refractivity contribution in [2.75, 3.05) is 6.61 Å². The van der Waals surface area contributed by atoms with Crippen LogP contribution in [0.1, 0.15) is 0 Å². The van der Waals surface area contributed by atoms with E-state index in [1.54, 1.807) is 5.43 Å². The first kappa shape index (κ1) is 11.4. The molecule has 0 rings (SSSR count). The Balaban J connectivity index is 3.63. The standard InChI is InChI=1S/C6H11N3O4/c7-4(5(10)11)2-1-3-13-6(12)9-8/h1-2,4H,3,7-8H2,(H,9,12)(H,10,11). The van der Waals surface area contributed by atoms with Crippen molar-refractivity contribution in [1.29, 1.82) is 0 Å². The van der Waals surface area contributed by atoms with Crippen molar-refractivity contribution in [3.63, 3.8) is 0 Å². The second-order valence-corrected chi connectivity index (χ2v) is 2.03. The Hall–Kier alpha value is -1.60. The van der Waals surface area contributed by atoms with Gasteiger partial charge in [0.05, 0.1) is 0 Å². The number of ether oxygens (including phenoxy) is 1. The summed E-state index contributed by atoms with van der Waals surface area (Å²) in [6.45, 7) is -0.0794. The number of carboxylic acid groups (broad SMARTS) is 1. The number of nitrogens with one attached hydrogen (secondary N) is 1. The van der Waals surface area contributed by atoms with Crippen LogP contribution < -0.4 is 17.0 Å². The van der Waals surface area contributed by atoms with Crippen LogP contribution in [-0.4, -0.2) is 29.8 Å². The molecule has 0 aromatic rings. The van der Waals surface area contributed by atoms with E-state index in [9.17, 15) is 9.59 Å². The highest BCUT2D eigenvalue weighted by atomic mass is 16.5. The number of aliphatic carboxylic acids is 1. The van der Waals surface area contributed by atoms with Crippen LogP contribution in [0.5, 0.6) is 0 Å². The van der Waals surface area contributed by atoms with Gasteiger partial charge in [0.15, 0.2) is 0 Å². The van der Waals surface area contributed by atoms with Crippen LogP contribution in [0.4, 0.5) is 4.79 Å². The molecule has 0 bridgehead atoms. The molecule has 74 valence electrons. The van der Waals surface area contributed by atoms with Gasteiger partial charge in [-0.3, -0.25) is 10.2 Å². The van der Waals surface area contributed by atoms with Gasteiger partial charge >= 0.3 is 12.1 Å². The topological polar surface area (TPSA) is 128 Å². The lowest BCUT2D eigenvalue weighted by atomic mass is 10.3. The molecule has 0 aromatic carbocycles. The predicted octanol–water partition coefficient (Wildman–Crippen LogP) is -1.45. The molecular formula is C6H11N3O4. The van der Waals surface area contributed by atoms with Crippen molar-refractivity contribution in [3.05, 3.63) is 12.2 Å². The minimum absolute atomic E-state index is 0.0794. The fourth-order valence-corrected chi connectivity index (χ4v) is 0.450. The third-order valence-electron chi connectivity index (χ3n) is 1.06. The van der Waals surface area contributed by atoms with E-state index in [1.807, 2.05) is 0 Å². The number of nitrogens with two attached hydrogens (primary N) is 2. The van der Waals surface area contributed by atoms with Gasteiger partial charge < -0.3 is 15.6 Å². The SMILES string of the molecule is NNC(=O)OCC=CC(N)C(=O)O. The lowest BCUT2D eigenvalue weighted by Crippen LogP contribution is -2.31. The van der Waals surface area contributed by atoms with E-state index in [4.69, 9.17) is 16.7 Å². The fraction of sp³-hybridized carbons (Fsp3) is 0.333. The Morgan fingerprint density at radius 1 is 1.62 bits per heavy atom. The lowest BCUT2D eigenvalue weighted by Gasteiger charge is -2.00. The summed E-state index contributed by atoms with van der Waals surface area (Å²) in [5, 5.41) is 8.32. The maximum atomic E-state index is 10.4. The zero-order chi connectivity index (χ0) is 10.3. The van der Waals surface area contributed by atoms with Crippen LogP contribution in [0.3, 0.4) is 0 Å². The number of hydrazine groups is 1. The minimum atomic E-state index is -1.15. The number of carboxylic acids is 1. The quantitative estimate of drug-likeness (QED) is 0.185. The molecule has 1 atom stereocenters. The van der Waals surface area contributed by atoms with E-state index in [-0.39, 0.29) is 6.61 Å². The Labute approximate surface area is 74.3 Å². The second-order valence-electron chi connectivity index (χ2n) is 2.03. The molecular weight excluding hydrogens is 178 g/mol. The summed E-state index contributed by atoms with van der Waals surface area (Å²) in [6.07, 6.45) is 1.72. The molecule has 0 heterocycles. The van der Waals surface area contributed by atoms with Gasteiger partial charge in [-0.15, -0.1) is 0 Å². The van der Waals surface area contributed by atoms with Gasteiger partial charge in [-0.25, -0.2) is 10.6 Å². The third-order valence-corrected chi connectivity index (χ3v) is 1.06. The number of amides is 1. The molecule has 0 saturated heterocycles. The molecule has 0 aliphatic heterocycles. The molecule has 0 aliphatic carbocycles. The molecule has 0 aliphatic rings. The second kappa shape index (κ2) is 5.98. The normalized spacial score (nSPS) is 12.5. The fourth-order valence-electron chi connectivity index (χ4n) is 0.450. The third kappa shape index (κ3) is 5.65. The molecule has 0 spiro atoms. The smallest absolute Gasteiger partial charge is 0.421 e. The number of carbonyl (C=O) groups is 2. The van der Waals surface area contributed by atoms with Gasteiger partial charge in [-0.2, -0.15) is 0 Å². The van der Waals surface area contributed by atoms with Crippen LogP contribution >= 0.6 is 0 Å². The summed E-state index contributed by atoms with van der Waals surface area (Å²) in [5.41, 5.74) is 6.83. The van der Waals surface area contributed by atoms with Crippen molar-refractivity contribution in [2.45, 2.75) is 6.04 Å². The number of carbonyl (C=O) groups excluding carboxylic acids is 1. The largest absolute Gasteiger partial charge is 0.480 e. The van der Waals surface area contributed by atoms with Crippen LogP contribution in [0.25, 0.3) is 0 Å². The summed E-state index contributed by atoms with van der Waals surface area (Å²) >= 11 is 0. The van der Waals surface area contributed by atoms with Crippen molar-refractivity contribution < 1.29 is 19.4 Å². The van der Waals surface area contributed by atoms with E-state index >= 15 is 0 Å². The average molecular weight is 189 g/mol. The van der Waals surface area contributed by atoms with E-state index in [2.05, 4.69) is 4.74 Å². The summed E-state index contributed by atoms with van der Waals surface area (Å²) in [6, 6.07) is -1.09. The van der Waals surface area contributed by atoms with E-state index < -0.39 is 18.1 Å². The molecule has 0 saturated carbocycles. The molecule has 7 nitrogen and oxygen atoms in total. The maximum absolute atomic E-state index is 10.4. The number of hydrogen-bond acceptors (Lipinski definition) is 5. The van der Waals surface area contributed by atoms with Crippen molar-refractivity contribution in [2.24, 2.45) is 11.6 Å². The molecule has 0 fully saturated rings. The highest BCUT2D eigenvalue weighted by Gasteiger charge is 2.05. The van der Waals surface area contributed by atoms with Crippen LogP contribution in [0, 0.1) is 0 Å². The predicted molar refractivity (Wildman–Crippen MR) is 43.4 cm³/mol. The monoisotopic (exact) mass is 189 g/mol. The maximum Gasteiger partial charge on any atom is 0.421 e. The molecule has 13 heavy (non-hydrogen) atoms. The zero-order valence-electron chi connectivity index (χ0n) is 6.77.